The van der Waals surface area contributed by atoms with Gasteiger partial charge in [0.2, 0.25) is 0 Å². The number of Topliss-reactive ketones (excluding diaryl/α,β-unsaturated/α-hetero) is 1. The average Bonchev–Trinajstić information content (AvgIpc) is 3.20. The first-order valence-electron chi connectivity index (χ1n) is 8.91. The highest BCUT2D eigenvalue weighted by molar-refractivity contribution is 6.35. The molecule has 0 aliphatic carbocycles. The third-order valence-electron chi connectivity index (χ3n) is 4.34. The van der Waals surface area contributed by atoms with Crippen molar-refractivity contribution in [2.75, 3.05) is 0 Å². The summed E-state index contributed by atoms with van der Waals surface area (Å²) in [4.78, 5) is 36.2. The maximum atomic E-state index is 13.2. The summed E-state index contributed by atoms with van der Waals surface area (Å²) in [6.45, 7) is -2.98. The molecule has 1 unspecified atom stereocenters. The number of carbonyl (C=O) groups is 3. The van der Waals surface area contributed by atoms with E-state index >= 15 is 0 Å². The van der Waals surface area contributed by atoms with Crippen LogP contribution in [0.1, 0.15) is 22.5 Å². The summed E-state index contributed by atoms with van der Waals surface area (Å²) in [7, 11) is 0. The van der Waals surface area contributed by atoms with Gasteiger partial charge in [-0.3, -0.25) is 9.59 Å². The SMILES string of the molecule is O=C(O)C(=O)C(Cc1ccccc1)NC(=O)c1cn(C(F)F)nc1-c1ccccc1. The zero-order valence-electron chi connectivity index (χ0n) is 15.5. The first-order valence-corrected chi connectivity index (χ1v) is 8.91. The largest absolute Gasteiger partial charge is 0.475 e. The number of nitrogens with one attached hydrogen (secondary N) is 1. The monoisotopic (exact) mass is 413 g/mol. The van der Waals surface area contributed by atoms with Crippen LogP contribution in [0, 0.1) is 0 Å². The third kappa shape index (κ3) is 4.75. The predicted molar refractivity (Wildman–Crippen MR) is 103 cm³/mol. The number of ketones is 1. The number of rotatable bonds is 8. The Hall–Kier alpha value is -3.88. The van der Waals surface area contributed by atoms with Crippen LogP contribution in [0.2, 0.25) is 0 Å². The van der Waals surface area contributed by atoms with Crippen molar-refractivity contribution in [1.82, 2.24) is 15.1 Å². The normalized spacial score (nSPS) is 11.8. The van der Waals surface area contributed by atoms with Crippen LogP contribution in [0.15, 0.2) is 66.9 Å². The first-order chi connectivity index (χ1) is 14.4. The van der Waals surface area contributed by atoms with Crippen LogP contribution in [0.5, 0.6) is 0 Å². The molecule has 3 rings (SSSR count). The number of aromatic nitrogens is 2. The van der Waals surface area contributed by atoms with E-state index in [4.69, 9.17) is 5.11 Å². The molecule has 0 saturated carbocycles. The van der Waals surface area contributed by atoms with E-state index in [2.05, 4.69) is 10.4 Å². The molecule has 0 aliphatic heterocycles. The Morgan fingerprint density at radius 3 is 2.17 bits per heavy atom. The number of carboxylic acids is 1. The van der Waals surface area contributed by atoms with Crippen LogP contribution in [-0.4, -0.2) is 38.6 Å². The van der Waals surface area contributed by atoms with Crippen molar-refractivity contribution in [3.63, 3.8) is 0 Å². The van der Waals surface area contributed by atoms with Crippen molar-refractivity contribution >= 4 is 17.7 Å². The lowest BCUT2D eigenvalue weighted by molar-refractivity contribution is -0.149. The lowest BCUT2D eigenvalue weighted by Gasteiger charge is -2.16. The van der Waals surface area contributed by atoms with Crippen molar-refractivity contribution in [3.05, 3.63) is 78.0 Å². The Balaban J connectivity index is 1.93. The Kier molecular flexibility index (Phi) is 6.31. The molecule has 0 fully saturated rings. The number of carbonyl (C=O) groups excluding carboxylic acids is 2. The van der Waals surface area contributed by atoms with Crippen molar-refractivity contribution in [2.45, 2.75) is 19.0 Å². The van der Waals surface area contributed by atoms with Gasteiger partial charge in [-0.05, 0) is 5.56 Å². The van der Waals surface area contributed by atoms with Gasteiger partial charge in [0.25, 0.3) is 11.7 Å². The summed E-state index contributed by atoms with van der Waals surface area (Å²) in [6, 6.07) is 15.4. The smallest absolute Gasteiger partial charge is 0.374 e. The van der Waals surface area contributed by atoms with Gasteiger partial charge in [0, 0.05) is 18.2 Å². The van der Waals surface area contributed by atoms with E-state index in [1.807, 2.05) is 0 Å². The van der Waals surface area contributed by atoms with Crippen molar-refractivity contribution in [3.8, 4) is 11.3 Å². The van der Waals surface area contributed by atoms with Gasteiger partial charge in [-0.2, -0.15) is 13.9 Å². The first kappa shape index (κ1) is 20.8. The van der Waals surface area contributed by atoms with Gasteiger partial charge >= 0.3 is 12.5 Å². The quantitative estimate of drug-likeness (QED) is 0.553. The van der Waals surface area contributed by atoms with E-state index in [1.165, 1.54) is 0 Å². The van der Waals surface area contributed by atoms with Crippen LogP contribution in [0.3, 0.4) is 0 Å². The Morgan fingerprint density at radius 1 is 1.00 bits per heavy atom. The standard InChI is InChI=1S/C21H17F2N3O4/c22-21(23)26-12-15(17(25-26)14-9-5-2-6-10-14)19(28)24-16(18(27)20(29)30)11-13-7-3-1-4-8-13/h1-10,12,16,21H,11H2,(H,24,28)(H,29,30). The summed E-state index contributed by atoms with van der Waals surface area (Å²) in [5, 5.41) is 15.2. The maximum Gasteiger partial charge on any atom is 0.374 e. The lowest BCUT2D eigenvalue weighted by Crippen LogP contribution is -2.45. The summed E-state index contributed by atoms with van der Waals surface area (Å²) in [5.74, 6) is -3.80. The second-order valence-corrected chi connectivity index (χ2v) is 6.40. The second-order valence-electron chi connectivity index (χ2n) is 6.40. The summed E-state index contributed by atoms with van der Waals surface area (Å²) < 4.78 is 26.7. The molecule has 0 saturated heterocycles. The number of hydrogen-bond donors (Lipinski definition) is 2. The topological polar surface area (TPSA) is 101 Å². The molecule has 0 bridgehead atoms. The molecule has 1 heterocycles. The molecule has 154 valence electrons. The third-order valence-corrected chi connectivity index (χ3v) is 4.34. The van der Waals surface area contributed by atoms with Crippen LogP contribution in [0.25, 0.3) is 11.3 Å². The highest BCUT2D eigenvalue weighted by Gasteiger charge is 2.29. The van der Waals surface area contributed by atoms with Gasteiger partial charge < -0.3 is 10.4 Å². The fraction of sp³-hybridized carbons (Fsp3) is 0.143. The fourth-order valence-corrected chi connectivity index (χ4v) is 2.91. The molecule has 2 aromatic carbocycles. The molecule has 30 heavy (non-hydrogen) atoms. The molecule has 9 heteroatoms. The second kappa shape index (κ2) is 9.08. The van der Waals surface area contributed by atoms with Crippen LogP contribution >= 0.6 is 0 Å². The number of aliphatic carboxylic acids is 1. The number of benzene rings is 2. The summed E-state index contributed by atoms with van der Waals surface area (Å²) in [5.41, 5.74) is 0.850. The van der Waals surface area contributed by atoms with E-state index < -0.39 is 30.3 Å². The predicted octanol–water partition coefficient (Wildman–Crippen LogP) is 2.94. The lowest BCUT2D eigenvalue weighted by atomic mass is 10.0. The van der Waals surface area contributed by atoms with E-state index in [0.29, 0.717) is 15.8 Å². The van der Waals surface area contributed by atoms with Gasteiger partial charge in [0.1, 0.15) is 11.7 Å². The number of nitrogens with zero attached hydrogens (tertiary/aromatic N) is 2. The zero-order valence-corrected chi connectivity index (χ0v) is 15.5. The van der Waals surface area contributed by atoms with Crippen LogP contribution < -0.4 is 5.32 Å². The van der Waals surface area contributed by atoms with Gasteiger partial charge in [-0.25, -0.2) is 9.48 Å². The molecule has 0 aliphatic rings. The molecule has 1 atom stereocenters. The molecule has 0 radical (unpaired) electrons. The number of carboxylic acid groups (broad SMARTS) is 1. The van der Waals surface area contributed by atoms with E-state index in [-0.39, 0.29) is 17.7 Å². The number of halogens is 2. The summed E-state index contributed by atoms with van der Waals surface area (Å²) >= 11 is 0. The highest BCUT2D eigenvalue weighted by Crippen LogP contribution is 2.24. The van der Waals surface area contributed by atoms with Gasteiger partial charge in [-0.1, -0.05) is 60.7 Å². The van der Waals surface area contributed by atoms with E-state index in [9.17, 15) is 23.2 Å². The number of alkyl halides is 2. The van der Waals surface area contributed by atoms with Gasteiger partial charge in [-0.15, -0.1) is 0 Å². The van der Waals surface area contributed by atoms with Crippen LogP contribution in [-0.2, 0) is 16.0 Å². The van der Waals surface area contributed by atoms with Crippen molar-refractivity contribution < 1.29 is 28.3 Å². The Labute approximate surface area is 170 Å². The highest BCUT2D eigenvalue weighted by atomic mass is 19.3. The van der Waals surface area contributed by atoms with E-state index in [0.717, 1.165) is 6.20 Å². The molecular weight excluding hydrogens is 396 g/mol. The minimum Gasteiger partial charge on any atom is -0.475 e. The number of hydrogen-bond acceptors (Lipinski definition) is 4. The van der Waals surface area contributed by atoms with Gasteiger partial charge in [0.05, 0.1) is 5.56 Å². The Morgan fingerprint density at radius 2 is 1.60 bits per heavy atom. The van der Waals surface area contributed by atoms with Gasteiger partial charge in [0.15, 0.2) is 0 Å². The zero-order chi connectivity index (χ0) is 21.7. The maximum absolute atomic E-state index is 13.2. The molecule has 7 nitrogen and oxygen atoms in total. The summed E-state index contributed by atoms with van der Waals surface area (Å²) in [6.07, 6.45) is 0.800. The van der Waals surface area contributed by atoms with Crippen molar-refractivity contribution in [1.29, 1.82) is 0 Å². The van der Waals surface area contributed by atoms with E-state index in [1.54, 1.807) is 60.7 Å². The van der Waals surface area contributed by atoms with Crippen LogP contribution in [0.4, 0.5) is 8.78 Å². The number of amides is 1. The average molecular weight is 413 g/mol. The molecule has 1 aromatic heterocycles. The Bertz CT molecular complexity index is 1050. The molecule has 2 N–H and O–H groups in total. The molecule has 0 spiro atoms. The minimum atomic E-state index is -2.98. The van der Waals surface area contributed by atoms with Crippen molar-refractivity contribution in [2.24, 2.45) is 0 Å². The fourth-order valence-electron chi connectivity index (χ4n) is 2.91. The molecule has 3 aromatic rings. The molecular formula is C21H17F2N3O4. The minimum absolute atomic E-state index is 0.00497. The molecule has 1 amide bonds.